The Morgan fingerprint density at radius 1 is 0.944 bits per heavy atom. The van der Waals surface area contributed by atoms with Crippen molar-refractivity contribution in [3.05, 3.63) is 42.0 Å². The number of benzene rings is 2. The number of likely N-dealkylation sites (N-methyl/N-ethyl adjacent to an activating group) is 1. The first-order chi connectivity index (χ1) is 8.74. The van der Waals surface area contributed by atoms with Gasteiger partial charge in [0.05, 0.1) is 0 Å². The predicted molar refractivity (Wildman–Crippen MR) is 78.4 cm³/mol. The second kappa shape index (κ2) is 4.62. The van der Waals surface area contributed by atoms with Gasteiger partial charge in [0.2, 0.25) is 0 Å². The third-order valence-corrected chi connectivity index (χ3v) is 3.86. The molecule has 0 unspecified atom stereocenters. The van der Waals surface area contributed by atoms with Gasteiger partial charge in [-0.2, -0.15) is 0 Å². The summed E-state index contributed by atoms with van der Waals surface area (Å²) in [4.78, 5) is 4.91. The Kier molecular flexibility index (Phi) is 2.96. The van der Waals surface area contributed by atoms with Crippen molar-refractivity contribution in [1.82, 2.24) is 4.90 Å². The molecule has 94 valence electrons. The van der Waals surface area contributed by atoms with E-state index in [-0.39, 0.29) is 0 Å². The Hall–Kier alpha value is -1.54. The van der Waals surface area contributed by atoms with Crippen molar-refractivity contribution < 1.29 is 0 Å². The maximum atomic E-state index is 2.52. The van der Waals surface area contributed by atoms with Crippen LogP contribution in [-0.4, -0.2) is 38.1 Å². The molecule has 0 spiro atoms. The zero-order valence-electron chi connectivity index (χ0n) is 11.2. The molecule has 0 atom stereocenters. The SMILES string of the molecule is Cc1ccc2cccc(N3CCN(C)CC3)c2c1. The topological polar surface area (TPSA) is 6.48 Å². The fraction of sp³-hybridized carbons (Fsp3) is 0.375. The van der Waals surface area contributed by atoms with Crippen molar-refractivity contribution in [2.45, 2.75) is 6.92 Å². The fourth-order valence-electron chi connectivity index (χ4n) is 2.69. The van der Waals surface area contributed by atoms with Crippen LogP contribution in [0.3, 0.4) is 0 Å². The Morgan fingerprint density at radius 3 is 2.50 bits per heavy atom. The molecule has 1 saturated heterocycles. The highest BCUT2D eigenvalue weighted by Gasteiger charge is 2.15. The summed E-state index contributed by atoms with van der Waals surface area (Å²) in [5, 5.41) is 2.74. The van der Waals surface area contributed by atoms with Gasteiger partial charge in [0.15, 0.2) is 0 Å². The molecule has 2 aromatic carbocycles. The average molecular weight is 240 g/mol. The van der Waals surface area contributed by atoms with Gasteiger partial charge in [-0.3, -0.25) is 0 Å². The Bertz CT molecular complexity index is 554. The fourth-order valence-corrected chi connectivity index (χ4v) is 2.69. The lowest BCUT2D eigenvalue weighted by atomic mass is 10.0. The summed E-state index contributed by atoms with van der Waals surface area (Å²) < 4.78 is 0. The normalized spacial score (nSPS) is 17.3. The van der Waals surface area contributed by atoms with Crippen LogP contribution in [0.1, 0.15) is 5.56 Å². The van der Waals surface area contributed by atoms with Crippen LogP contribution in [0, 0.1) is 6.92 Å². The number of anilines is 1. The van der Waals surface area contributed by atoms with Gasteiger partial charge in [0, 0.05) is 37.3 Å². The van der Waals surface area contributed by atoms with Crippen LogP contribution in [0.2, 0.25) is 0 Å². The first-order valence-corrected chi connectivity index (χ1v) is 6.67. The maximum Gasteiger partial charge on any atom is 0.0446 e. The van der Waals surface area contributed by atoms with Gasteiger partial charge >= 0.3 is 0 Å². The molecule has 0 radical (unpaired) electrons. The van der Waals surface area contributed by atoms with E-state index < -0.39 is 0 Å². The van der Waals surface area contributed by atoms with E-state index in [0.29, 0.717) is 0 Å². The summed E-state index contributed by atoms with van der Waals surface area (Å²) in [6.45, 7) is 6.73. The molecule has 0 aromatic heterocycles. The van der Waals surface area contributed by atoms with Gasteiger partial charge in [-0.1, -0.05) is 29.8 Å². The number of hydrogen-bond donors (Lipinski definition) is 0. The van der Waals surface area contributed by atoms with Crippen LogP contribution in [0.5, 0.6) is 0 Å². The molecule has 1 fully saturated rings. The van der Waals surface area contributed by atoms with Gasteiger partial charge in [-0.05, 0) is 31.5 Å². The lowest BCUT2D eigenvalue weighted by molar-refractivity contribution is 0.313. The molecule has 0 saturated carbocycles. The third kappa shape index (κ3) is 2.08. The van der Waals surface area contributed by atoms with E-state index in [1.807, 2.05) is 0 Å². The number of fused-ring (bicyclic) bond motifs is 1. The minimum atomic E-state index is 1.13. The molecule has 2 aromatic rings. The van der Waals surface area contributed by atoms with Gasteiger partial charge in [-0.15, -0.1) is 0 Å². The number of aryl methyl sites for hydroxylation is 1. The van der Waals surface area contributed by atoms with E-state index in [2.05, 4.69) is 60.2 Å². The molecule has 1 aliphatic heterocycles. The molecule has 18 heavy (non-hydrogen) atoms. The number of piperazine rings is 1. The summed E-state index contributed by atoms with van der Waals surface area (Å²) in [6, 6.07) is 13.4. The molecular formula is C16H20N2. The van der Waals surface area contributed by atoms with Crippen molar-refractivity contribution in [2.75, 3.05) is 38.1 Å². The lowest BCUT2D eigenvalue weighted by Gasteiger charge is -2.34. The third-order valence-electron chi connectivity index (χ3n) is 3.86. The molecule has 0 amide bonds. The van der Waals surface area contributed by atoms with E-state index in [0.717, 1.165) is 26.2 Å². The molecule has 2 heteroatoms. The molecular weight excluding hydrogens is 220 g/mol. The van der Waals surface area contributed by atoms with Crippen molar-refractivity contribution in [3.63, 3.8) is 0 Å². The summed E-state index contributed by atoms with van der Waals surface area (Å²) in [5.41, 5.74) is 2.73. The zero-order chi connectivity index (χ0) is 12.5. The largest absolute Gasteiger partial charge is 0.368 e. The van der Waals surface area contributed by atoms with Crippen LogP contribution < -0.4 is 4.90 Å². The maximum absolute atomic E-state index is 2.52. The minimum absolute atomic E-state index is 1.13. The predicted octanol–water partition coefficient (Wildman–Crippen LogP) is 2.90. The van der Waals surface area contributed by atoms with Gasteiger partial charge in [0.1, 0.15) is 0 Å². The molecule has 0 N–H and O–H groups in total. The Labute approximate surface area is 109 Å². The quantitative estimate of drug-likeness (QED) is 0.756. The van der Waals surface area contributed by atoms with Crippen LogP contribution in [0.25, 0.3) is 10.8 Å². The lowest BCUT2D eigenvalue weighted by Crippen LogP contribution is -2.44. The zero-order valence-corrected chi connectivity index (χ0v) is 11.2. The summed E-state index contributed by atoms with van der Waals surface area (Å²) >= 11 is 0. The molecule has 1 aliphatic rings. The number of hydrogen-bond acceptors (Lipinski definition) is 2. The van der Waals surface area contributed by atoms with Crippen LogP contribution in [0.4, 0.5) is 5.69 Å². The van der Waals surface area contributed by atoms with E-state index in [9.17, 15) is 0 Å². The monoisotopic (exact) mass is 240 g/mol. The Balaban J connectivity index is 2.03. The smallest absolute Gasteiger partial charge is 0.0446 e. The molecule has 1 heterocycles. The second-order valence-corrected chi connectivity index (χ2v) is 5.29. The van der Waals surface area contributed by atoms with Crippen molar-refractivity contribution in [3.8, 4) is 0 Å². The summed E-state index contributed by atoms with van der Waals surface area (Å²) in [5.74, 6) is 0. The highest BCUT2D eigenvalue weighted by atomic mass is 15.2. The highest BCUT2D eigenvalue weighted by molar-refractivity contribution is 5.94. The van der Waals surface area contributed by atoms with Gasteiger partial charge in [0.25, 0.3) is 0 Å². The second-order valence-electron chi connectivity index (χ2n) is 5.29. The number of nitrogens with zero attached hydrogens (tertiary/aromatic N) is 2. The van der Waals surface area contributed by atoms with Crippen molar-refractivity contribution in [2.24, 2.45) is 0 Å². The van der Waals surface area contributed by atoms with E-state index in [1.54, 1.807) is 0 Å². The average Bonchev–Trinajstić information content (AvgIpc) is 2.39. The first kappa shape index (κ1) is 11.5. The Morgan fingerprint density at radius 2 is 1.72 bits per heavy atom. The van der Waals surface area contributed by atoms with E-state index >= 15 is 0 Å². The van der Waals surface area contributed by atoms with Crippen LogP contribution in [0.15, 0.2) is 36.4 Å². The highest BCUT2D eigenvalue weighted by Crippen LogP contribution is 2.28. The van der Waals surface area contributed by atoms with Gasteiger partial charge in [-0.25, -0.2) is 0 Å². The first-order valence-electron chi connectivity index (χ1n) is 6.67. The van der Waals surface area contributed by atoms with Crippen LogP contribution in [-0.2, 0) is 0 Å². The van der Waals surface area contributed by atoms with Crippen molar-refractivity contribution in [1.29, 1.82) is 0 Å². The van der Waals surface area contributed by atoms with E-state index in [1.165, 1.54) is 22.0 Å². The minimum Gasteiger partial charge on any atom is -0.368 e. The standard InChI is InChI=1S/C16H20N2/c1-13-6-7-14-4-3-5-16(15(14)12-13)18-10-8-17(2)9-11-18/h3-7,12H,8-11H2,1-2H3. The van der Waals surface area contributed by atoms with E-state index in [4.69, 9.17) is 0 Å². The summed E-state index contributed by atoms with van der Waals surface area (Å²) in [6.07, 6.45) is 0. The molecule has 0 bridgehead atoms. The van der Waals surface area contributed by atoms with Crippen molar-refractivity contribution >= 4 is 16.5 Å². The molecule has 3 rings (SSSR count). The number of rotatable bonds is 1. The molecule has 2 nitrogen and oxygen atoms in total. The van der Waals surface area contributed by atoms with Gasteiger partial charge < -0.3 is 9.80 Å². The summed E-state index contributed by atoms with van der Waals surface area (Å²) in [7, 11) is 2.20. The molecule has 0 aliphatic carbocycles. The van der Waals surface area contributed by atoms with Crippen LogP contribution >= 0.6 is 0 Å².